The normalized spacial score (nSPS) is 10.9. The van der Waals surface area contributed by atoms with Crippen LogP contribution >= 0.6 is 0 Å². The molecule has 0 saturated carbocycles. The van der Waals surface area contributed by atoms with E-state index in [9.17, 15) is 4.79 Å². The van der Waals surface area contributed by atoms with Crippen molar-refractivity contribution >= 4 is 17.2 Å². The van der Waals surface area contributed by atoms with Crippen molar-refractivity contribution in [1.29, 1.82) is 0 Å². The lowest BCUT2D eigenvalue weighted by Gasteiger charge is -2.13. The molecule has 2 aromatic heterocycles. The molecule has 0 unspecified atom stereocenters. The van der Waals surface area contributed by atoms with Crippen LogP contribution in [0.5, 0.6) is 0 Å². The highest BCUT2D eigenvalue weighted by atomic mass is 16.1. The Morgan fingerprint density at radius 1 is 0.938 bits per heavy atom. The van der Waals surface area contributed by atoms with Crippen molar-refractivity contribution < 1.29 is 4.79 Å². The molecule has 0 aliphatic rings. The van der Waals surface area contributed by atoms with E-state index in [0.29, 0.717) is 5.56 Å². The zero-order valence-corrected chi connectivity index (χ0v) is 17.7. The minimum Gasteiger partial charge on any atom is -0.322 e. The number of aromatic nitrogens is 3. The van der Waals surface area contributed by atoms with Gasteiger partial charge >= 0.3 is 0 Å². The van der Waals surface area contributed by atoms with E-state index in [4.69, 9.17) is 0 Å². The molecule has 5 nitrogen and oxygen atoms in total. The zero-order valence-electron chi connectivity index (χ0n) is 17.7. The molecule has 0 bridgehead atoms. The van der Waals surface area contributed by atoms with E-state index in [2.05, 4.69) is 40.4 Å². The first-order chi connectivity index (χ1) is 15.7. The van der Waals surface area contributed by atoms with E-state index in [1.165, 1.54) is 5.56 Å². The number of nitrogens with one attached hydrogen (secondary N) is 1. The Bertz CT molecular complexity index is 1410. The number of carbonyl (C=O) groups excluding carboxylic acids is 1. The van der Waals surface area contributed by atoms with Crippen LogP contribution in [-0.4, -0.2) is 20.3 Å². The van der Waals surface area contributed by atoms with Crippen molar-refractivity contribution in [3.05, 3.63) is 109 Å². The van der Waals surface area contributed by atoms with E-state index in [0.717, 1.165) is 40.1 Å². The second-order valence-electron chi connectivity index (χ2n) is 7.57. The number of hydrogen-bond donors (Lipinski definition) is 1. The van der Waals surface area contributed by atoms with Crippen LogP contribution in [0.3, 0.4) is 0 Å². The summed E-state index contributed by atoms with van der Waals surface area (Å²) in [5.74, 6) is -0.120. The Hall–Kier alpha value is -4.25. The Balaban J connectivity index is 1.53. The summed E-state index contributed by atoms with van der Waals surface area (Å²) in [7, 11) is 0. The van der Waals surface area contributed by atoms with E-state index in [-0.39, 0.29) is 5.91 Å². The molecule has 32 heavy (non-hydrogen) atoms. The van der Waals surface area contributed by atoms with Crippen LogP contribution in [0.2, 0.25) is 0 Å². The zero-order chi connectivity index (χ0) is 21.9. The standard InChI is InChI=1S/C27H22N4O/c1-2-19-11-12-22(27(32)30-23-9-4-3-5-10-23)16-24(19)20-7-6-8-21(15-20)25-17-29-26-18-28-13-14-31(25)26/h3-18H,2H2,1H3,(H,30,32). The second kappa shape index (κ2) is 8.47. The lowest BCUT2D eigenvalue weighted by molar-refractivity contribution is 0.102. The molecule has 0 atom stereocenters. The number of anilines is 1. The molecule has 1 N–H and O–H groups in total. The minimum absolute atomic E-state index is 0.120. The summed E-state index contributed by atoms with van der Waals surface area (Å²) in [6.07, 6.45) is 8.15. The van der Waals surface area contributed by atoms with Gasteiger partial charge in [-0.15, -0.1) is 0 Å². The first kappa shape index (κ1) is 19.7. The number of aryl methyl sites for hydroxylation is 1. The number of imidazole rings is 1. The molecule has 156 valence electrons. The second-order valence-corrected chi connectivity index (χ2v) is 7.57. The summed E-state index contributed by atoms with van der Waals surface area (Å²) in [6, 6.07) is 23.8. The number of fused-ring (bicyclic) bond motifs is 1. The van der Waals surface area contributed by atoms with Gasteiger partial charge in [0.15, 0.2) is 5.65 Å². The summed E-state index contributed by atoms with van der Waals surface area (Å²) >= 11 is 0. The molecular formula is C27H22N4O. The first-order valence-electron chi connectivity index (χ1n) is 10.6. The van der Waals surface area contributed by atoms with Gasteiger partial charge in [-0.25, -0.2) is 4.98 Å². The molecule has 5 rings (SSSR count). The Labute approximate surface area is 186 Å². The smallest absolute Gasteiger partial charge is 0.255 e. The quantitative estimate of drug-likeness (QED) is 0.388. The summed E-state index contributed by atoms with van der Waals surface area (Å²) in [4.78, 5) is 21.5. The minimum atomic E-state index is -0.120. The lowest BCUT2D eigenvalue weighted by Crippen LogP contribution is -2.12. The van der Waals surface area contributed by atoms with Gasteiger partial charge in [-0.3, -0.25) is 14.2 Å². The van der Waals surface area contributed by atoms with Crippen molar-refractivity contribution in [2.45, 2.75) is 13.3 Å². The van der Waals surface area contributed by atoms with Crippen molar-refractivity contribution in [1.82, 2.24) is 14.4 Å². The molecule has 0 aliphatic carbocycles. The van der Waals surface area contributed by atoms with Gasteiger partial charge in [0.2, 0.25) is 0 Å². The third-order valence-electron chi connectivity index (χ3n) is 5.57. The monoisotopic (exact) mass is 418 g/mol. The number of para-hydroxylation sites is 1. The molecule has 0 spiro atoms. The third-order valence-corrected chi connectivity index (χ3v) is 5.57. The van der Waals surface area contributed by atoms with Gasteiger partial charge in [-0.2, -0.15) is 0 Å². The average Bonchev–Trinajstić information content (AvgIpc) is 3.28. The largest absolute Gasteiger partial charge is 0.322 e. The van der Waals surface area contributed by atoms with Crippen LogP contribution in [-0.2, 0) is 6.42 Å². The highest BCUT2D eigenvalue weighted by Crippen LogP contribution is 2.30. The fourth-order valence-electron chi connectivity index (χ4n) is 3.92. The molecular weight excluding hydrogens is 396 g/mol. The molecule has 2 heterocycles. The van der Waals surface area contributed by atoms with Crippen LogP contribution in [0.4, 0.5) is 5.69 Å². The van der Waals surface area contributed by atoms with Gasteiger partial charge in [-0.05, 0) is 53.4 Å². The van der Waals surface area contributed by atoms with E-state index < -0.39 is 0 Å². The number of amides is 1. The van der Waals surface area contributed by atoms with Gasteiger partial charge in [0.05, 0.1) is 18.1 Å². The molecule has 5 heteroatoms. The van der Waals surface area contributed by atoms with Gasteiger partial charge in [0.25, 0.3) is 5.91 Å². The maximum Gasteiger partial charge on any atom is 0.255 e. The Morgan fingerprint density at radius 3 is 2.62 bits per heavy atom. The van der Waals surface area contributed by atoms with Crippen molar-refractivity contribution in [3.63, 3.8) is 0 Å². The van der Waals surface area contributed by atoms with E-state index in [1.807, 2.05) is 71.4 Å². The molecule has 3 aromatic carbocycles. The number of rotatable bonds is 5. The molecule has 5 aromatic rings. The first-order valence-corrected chi connectivity index (χ1v) is 10.6. The van der Waals surface area contributed by atoms with Crippen LogP contribution < -0.4 is 5.32 Å². The maximum absolute atomic E-state index is 12.9. The Kier molecular flexibility index (Phi) is 5.22. The number of hydrogen-bond acceptors (Lipinski definition) is 3. The number of nitrogens with zero attached hydrogens (tertiary/aromatic N) is 3. The summed E-state index contributed by atoms with van der Waals surface area (Å²) in [6.45, 7) is 2.13. The number of carbonyl (C=O) groups is 1. The van der Waals surface area contributed by atoms with Gasteiger partial charge in [0, 0.05) is 29.2 Å². The van der Waals surface area contributed by atoms with Crippen LogP contribution in [0.25, 0.3) is 28.0 Å². The van der Waals surface area contributed by atoms with Crippen LogP contribution in [0.15, 0.2) is 97.6 Å². The molecule has 0 saturated heterocycles. The molecule has 0 aliphatic heterocycles. The third kappa shape index (κ3) is 3.76. The van der Waals surface area contributed by atoms with Crippen LogP contribution in [0, 0.1) is 0 Å². The SMILES string of the molecule is CCc1ccc(C(=O)Nc2ccccc2)cc1-c1cccc(-c2cnc3cnccn23)c1. The van der Waals surface area contributed by atoms with E-state index >= 15 is 0 Å². The number of benzene rings is 3. The summed E-state index contributed by atoms with van der Waals surface area (Å²) in [5, 5.41) is 2.97. The predicted molar refractivity (Wildman–Crippen MR) is 128 cm³/mol. The highest BCUT2D eigenvalue weighted by Gasteiger charge is 2.13. The fourth-order valence-corrected chi connectivity index (χ4v) is 3.92. The Morgan fingerprint density at radius 2 is 1.78 bits per heavy atom. The average molecular weight is 419 g/mol. The van der Waals surface area contributed by atoms with Gasteiger partial charge < -0.3 is 5.32 Å². The highest BCUT2D eigenvalue weighted by molar-refractivity contribution is 6.05. The maximum atomic E-state index is 12.9. The lowest BCUT2D eigenvalue weighted by atomic mass is 9.94. The summed E-state index contributed by atoms with van der Waals surface area (Å²) in [5.41, 5.74) is 7.60. The van der Waals surface area contributed by atoms with Crippen LogP contribution in [0.1, 0.15) is 22.8 Å². The van der Waals surface area contributed by atoms with Crippen molar-refractivity contribution in [2.24, 2.45) is 0 Å². The van der Waals surface area contributed by atoms with Crippen molar-refractivity contribution in [2.75, 3.05) is 5.32 Å². The summed E-state index contributed by atoms with van der Waals surface area (Å²) < 4.78 is 2.02. The topological polar surface area (TPSA) is 59.3 Å². The van der Waals surface area contributed by atoms with Crippen molar-refractivity contribution in [3.8, 4) is 22.4 Å². The molecule has 0 radical (unpaired) electrons. The fraction of sp³-hybridized carbons (Fsp3) is 0.0741. The molecule has 1 amide bonds. The predicted octanol–water partition coefficient (Wildman–Crippen LogP) is 5.88. The van der Waals surface area contributed by atoms with Gasteiger partial charge in [-0.1, -0.05) is 49.4 Å². The molecule has 0 fully saturated rings. The van der Waals surface area contributed by atoms with E-state index in [1.54, 1.807) is 12.4 Å². The van der Waals surface area contributed by atoms with Gasteiger partial charge in [0.1, 0.15) is 0 Å².